The molecule has 3 nitrogen and oxygen atoms in total. The smallest absolute Gasteiger partial charge is 0.124 e. The summed E-state index contributed by atoms with van der Waals surface area (Å²) in [4.78, 5) is 5.46. The van der Waals surface area contributed by atoms with Gasteiger partial charge in [-0.25, -0.2) is 0 Å². The first kappa shape index (κ1) is 14.3. The van der Waals surface area contributed by atoms with Crippen molar-refractivity contribution in [2.75, 3.05) is 6.61 Å². The second kappa shape index (κ2) is 8.15. The molecule has 0 saturated carbocycles. The van der Waals surface area contributed by atoms with Crippen molar-refractivity contribution in [2.45, 2.75) is 13.2 Å². The van der Waals surface area contributed by atoms with E-state index in [1.165, 1.54) is 0 Å². The first-order chi connectivity index (χ1) is 9.90. The zero-order chi connectivity index (χ0) is 14.0. The number of benzene rings is 2. The van der Waals surface area contributed by atoms with E-state index in [-0.39, 0.29) is 0 Å². The monoisotopic (exact) mass is 269 g/mol. The summed E-state index contributed by atoms with van der Waals surface area (Å²) in [5.74, 6) is 0.850. The third kappa shape index (κ3) is 4.53. The van der Waals surface area contributed by atoms with Crippen LogP contribution in [0.1, 0.15) is 11.1 Å². The third-order valence-corrected chi connectivity index (χ3v) is 2.78. The molecule has 0 spiro atoms. The van der Waals surface area contributed by atoms with Crippen LogP contribution in [0.5, 0.6) is 5.75 Å². The van der Waals surface area contributed by atoms with E-state index in [9.17, 15) is 0 Å². The van der Waals surface area contributed by atoms with Crippen LogP contribution < -0.4 is 10.2 Å². The highest BCUT2D eigenvalue weighted by Crippen LogP contribution is 2.17. The summed E-state index contributed by atoms with van der Waals surface area (Å²) >= 11 is 0. The van der Waals surface area contributed by atoms with Gasteiger partial charge in [0.15, 0.2) is 0 Å². The number of hydrogen-bond donors (Lipinski definition) is 1. The Morgan fingerprint density at radius 3 is 2.55 bits per heavy atom. The minimum absolute atomic E-state index is 0.502. The van der Waals surface area contributed by atoms with E-state index in [0.717, 1.165) is 16.9 Å². The second-order valence-electron chi connectivity index (χ2n) is 4.30. The molecule has 0 fully saturated rings. The summed E-state index contributed by atoms with van der Waals surface area (Å²) in [6.45, 7) is 5.29. The molecule has 0 saturated heterocycles. The largest absolute Gasteiger partial charge is 0.489 e. The lowest BCUT2D eigenvalue weighted by Crippen LogP contribution is -2.14. The Hall–Kier alpha value is -2.10. The molecule has 0 aliphatic carbocycles. The normalized spacial score (nSPS) is 10.2. The molecule has 20 heavy (non-hydrogen) atoms. The Morgan fingerprint density at radius 1 is 1.00 bits per heavy atom. The lowest BCUT2D eigenvalue weighted by molar-refractivity contribution is 0.0231. The van der Waals surface area contributed by atoms with Crippen molar-refractivity contribution in [1.82, 2.24) is 5.48 Å². The molecule has 1 N–H and O–H groups in total. The zero-order valence-corrected chi connectivity index (χ0v) is 11.4. The van der Waals surface area contributed by atoms with Gasteiger partial charge in [-0.3, -0.25) is 4.84 Å². The van der Waals surface area contributed by atoms with Gasteiger partial charge in [0.25, 0.3) is 0 Å². The molecule has 0 aliphatic rings. The average molecular weight is 269 g/mol. The number of para-hydroxylation sites is 1. The first-order valence-electron chi connectivity index (χ1n) is 6.60. The summed E-state index contributed by atoms with van der Waals surface area (Å²) in [5.41, 5.74) is 5.15. The third-order valence-electron chi connectivity index (χ3n) is 2.78. The molecule has 0 unspecified atom stereocenters. The van der Waals surface area contributed by atoms with E-state index in [1.54, 1.807) is 6.08 Å². The van der Waals surface area contributed by atoms with Crippen molar-refractivity contribution in [1.29, 1.82) is 0 Å². The van der Waals surface area contributed by atoms with Crippen LogP contribution in [0.15, 0.2) is 67.3 Å². The van der Waals surface area contributed by atoms with Crippen molar-refractivity contribution in [3.8, 4) is 5.75 Å². The quantitative estimate of drug-likeness (QED) is 0.452. The molecule has 2 aromatic carbocycles. The summed E-state index contributed by atoms with van der Waals surface area (Å²) in [6, 6.07) is 17.9. The van der Waals surface area contributed by atoms with Crippen LogP contribution in [-0.2, 0) is 18.0 Å². The van der Waals surface area contributed by atoms with E-state index >= 15 is 0 Å². The Balaban J connectivity index is 1.80. The predicted octanol–water partition coefficient (Wildman–Crippen LogP) is 3.47. The van der Waals surface area contributed by atoms with Gasteiger partial charge in [0.1, 0.15) is 12.4 Å². The van der Waals surface area contributed by atoms with Crippen molar-refractivity contribution in [3.63, 3.8) is 0 Å². The maximum absolute atomic E-state index is 5.59. The van der Waals surface area contributed by atoms with Crippen LogP contribution in [0.25, 0.3) is 0 Å². The van der Waals surface area contributed by atoms with Crippen LogP contribution in [0, 0.1) is 0 Å². The lowest BCUT2D eigenvalue weighted by Gasteiger charge is -2.11. The molecule has 0 aliphatic heterocycles. The SMILES string of the molecule is C=CCOc1ccccc1CNOCc1ccccc1. The van der Waals surface area contributed by atoms with Crippen molar-refractivity contribution in [3.05, 3.63) is 78.4 Å². The van der Waals surface area contributed by atoms with Gasteiger partial charge in [-0.1, -0.05) is 61.2 Å². The molecule has 0 amide bonds. The Morgan fingerprint density at radius 2 is 1.75 bits per heavy atom. The van der Waals surface area contributed by atoms with E-state index < -0.39 is 0 Å². The van der Waals surface area contributed by atoms with Crippen molar-refractivity contribution >= 4 is 0 Å². The molecule has 3 heteroatoms. The van der Waals surface area contributed by atoms with Gasteiger partial charge < -0.3 is 4.74 Å². The fourth-order valence-corrected chi connectivity index (χ4v) is 1.78. The first-order valence-corrected chi connectivity index (χ1v) is 6.60. The standard InChI is InChI=1S/C17H19NO2/c1-2-12-19-17-11-7-6-10-16(17)13-18-20-14-15-8-4-3-5-9-15/h2-11,18H,1,12-14H2. The summed E-state index contributed by atoms with van der Waals surface area (Å²) in [7, 11) is 0. The van der Waals surface area contributed by atoms with Gasteiger partial charge in [0.05, 0.1) is 6.61 Å². The molecular weight excluding hydrogens is 250 g/mol. The van der Waals surface area contributed by atoms with Crippen molar-refractivity contribution < 1.29 is 9.57 Å². The fraction of sp³-hybridized carbons (Fsp3) is 0.176. The topological polar surface area (TPSA) is 30.5 Å². The molecule has 2 rings (SSSR count). The lowest BCUT2D eigenvalue weighted by atomic mass is 10.2. The number of ether oxygens (including phenoxy) is 1. The summed E-state index contributed by atoms with van der Waals surface area (Å²) in [6.07, 6.45) is 1.73. The van der Waals surface area contributed by atoms with E-state index in [0.29, 0.717) is 19.8 Å². The van der Waals surface area contributed by atoms with Crippen LogP contribution in [0.2, 0.25) is 0 Å². The molecule has 2 aromatic rings. The van der Waals surface area contributed by atoms with Crippen LogP contribution >= 0.6 is 0 Å². The molecular formula is C17H19NO2. The number of hydroxylamine groups is 1. The molecule has 0 aromatic heterocycles. The second-order valence-corrected chi connectivity index (χ2v) is 4.30. The van der Waals surface area contributed by atoms with Gasteiger partial charge in [0, 0.05) is 12.1 Å². The van der Waals surface area contributed by atoms with Gasteiger partial charge in [-0.2, -0.15) is 5.48 Å². The maximum Gasteiger partial charge on any atom is 0.124 e. The highest BCUT2D eigenvalue weighted by molar-refractivity contribution is 5.33. The molecule has 0 atom stereocenters. The zero-order valence-electron chi connectivity index (χ0n) is 11.4. The van der Waals surface area contributed by atoms with Crippen LogP contribution in [0.3, 0.4) is 0 Å². The molecule has 0 heterocycles. The fourth-order valence-electron chi connectivity index (χ4n) is 1.78. The minimum atomic E-state index is 0.502. The van der Waals surface area contributed by atoms with Gasteiger partial charge in [-0.05, 0) is 11.6 Å². The Labute approximate surface area is 119 Å². The highest BCUT2D eigenvalue weighted by atomic mass is 16.6. The van der Waals surface area contributed by atoms with E-state index in [4.69, 9.17) is 9.57 Å². The highest BCUT2D eigenvalue weighted by Gasteiger charge is 2.02. The van der Waals surface area contributed by atoms with Crippen LogP contribution in [0.4, 0.5) is 0 Å². The van der Waals surface area contributed by atoms with Crippen molar-refractivity contribution in [2.24, 2.45) is 0 Å². The summed E-state index contributed by atoms with van der Waals surface area (Å²) in [5, 5.41) is 0. The number of rotatable bonds is 8. The maximum atomic E-state index is 5.59. The Bertz CT molecular complexity index is 526. The summed E-state index contributed by atoms with van der Waals surface area (Å²) < 4.78 is 5.59. The van der Waals surface area contributed by atoms with Gasteiger partial charge in [0.2, 0.25) is 0 Å². The number of nitrogens with one attached hydrogen (secondary N) is 1. The molecule has 104 valence electrons. The molecule has 0 radical (unpaired) electrons. The predicted molar refractivity (Wildman–Crippen MR) is 80.2 cm³/mol. The van der Waals surface area contributed by atoms with E-state index in [2.05, 4.69) is 12.1 Å². The Kier molecular flexibility index (Phi) is 5.83. The van der Waals surface area contributed by atoms with Crippen LogP contribution in [-0.4, -0.2) is 6.61 Å². The average Bonchev–Trinajstić information content (AvgIpc) is 2.51. The minimum Gasteiger partial charge on any atom is -0.489 e. The number of hydrogen-bond acceptors (Lipinski definition) is 3. The van der Waals surface area contributed by atoms with Gasteiger partial charge >= 0.3 is 0 Å². The van der Waals surface area contributed by atoms with Gasteiger partial charge in [-0.15, -0.1) is 0 Å². The molecule has 0 bridgehead atoms. The van der Waals surface area contributed by atoms with E-state index in [1.807, 2.05) is 54.6 Å².